The van der Waals surface area contributed by atoms with Gasteiger partial charge in [-0.3, -0.25) is 0 Å². The summed E-state index contributed by atoms with van der Waals surface area (Å²) < 4.78 is 5.87. The second-order valence-corrected chi connectivity index (χ2v) is 5.86. The molecule has 2 unspecified atom stereocenters. The van der Waals surface area contributed by atoms with Gasteiger partial charge in [-0.25, -0.2) is 0 Å². The van der Waals surface area contributed by atoms with Crippen molar-refractivity contribution in [2.75, 3.05) is 7.05 Å². The fraction of sp³-hybridized carbons (Fsp3) is 0.467. The summed E-state index contributed by atoms with van der Waals surface area (Å²) in [6.45, 7) is 4.46. The lowest BCUT2D eigenvalue weighted by Crippen LogP contribution is -2.17. The first-order valence-corrected chi connectivity index (χ1v) is 6.67. The zero-order valence-corrected chi connectivity index (χ0v) is 11.6. The molecule has 0 bridgehead atoms. The molecule has 1 aliphatic rings. The van der Waals surface area contributed by atoms with Gasteiger partial charge in [0.1, 0.15) is 6.04 Å². The molecule has 4 heteroatoms. The van der Waals surface area contributed by atoms with Gasteiger partial charge >= 0.3 is 0 Å². The molecular weight excluding hydrogens is 238 g/mol. The van der Waals surface area contributed by atoms with Crippen LogP contribution in [0.2, 0.25) is 0 Å². The number of rotatable bonds is 4. The van der Waals surface area contributed by atoms with Gasteiger partial charge in [-0.2, -0.15) is 0 Å². The van der Waals surface area contributed by atoms with E-state index in [1.54, 1.807) is 0 Å². The summed E-state index contributed by atoms with van der Waals surface area (Å²) in [6, 6.07) is 10.1. The highest BCUT2D eigenvalue weighted by Gasteiger charge is 2.50. The van der Waals surface area contributed by atoms with Gasteiger partial charge in [-0.1, -0.05) is 44.2 Å². The van der Waals surface area contributed by atoms with Crippen LogP contribution in [0.3, 0.4) is 0 Å². The highest BCUT2D eigenvalue weighted by atomic mass is 16.4. The van der Waals surface area contributed by atoms with Crippen LogP contribution in [0.25, 0.3) is 0 Å². The molecule has 19 heavy (non-hydrogen) atoms. The van der Waals surface area contributed by atoms with E-state index in [4.69, 9.17) is 4.42 Å². The Labute approximate surface area is 113 Å². The van der Waals surface area contributed by atoms with E-state index in [-0.39, 0.29) is 6.04 Å². The van der Waals surface area contributed by atoms with Crippen molar-refractivity contribution in [1.29, 1.82) is 0 Å². The largest absolute Gasteiger partial charge is 0.423 e. The molecule has 0 aliphatic heterocycles. The smallest absolute Gasteiger partial charge is 0.237 e. The lowest BCUT2D eigenvalue weighted by atomic mass is 10.1. The van der Waals surface area contributed by atoms with Gasteiger partial charge in [0.15, 0.2) is 0 Å². The zero-order chi connectivity index (χ0) is 13.5. The third kappa shape index (κ3) is 2.28. The average molecular weight is 257 g/mol. The van der Waals surface area contributed by atoms with Crippen molar-refractivity contribution in [1.82, 2.24) is 15.5 Å². The van der Waals surface area contributed by atoms with E-state index in [1.807, 2.05) is 25.2 Å². The summed E-state index contributed by atoms with van der Waals surface area (Å²) in [7, 11) is 1.91. The molecular formula is C15H19N3O. The van der Waals surface area contributed by atoms with Crippen LogP contribution in [-0.2, 0) is 0 Å². The Balaban J connectivity index is 1.85. The highest BCUT2D eigenvalue weighted by Crippen LogP contribution is 2.58. The van der Waals surface area contributed by atoms with Gasteiger partial charge in [0.2, 0.25) is 11.8 Å². The van der Waals surface area contributed by atoms with E-state index in [1.165, 1.54) is 0 Å². The van der Waals surface area contributed by atoms with Crippen molar-refractivity contribution >= 4 is 0 Å². The van der Waals surface area contributed by atoms with E-state index in [2.05, 4.69) is 41.5 Å². The highest BCUT2D eigenvalue weighted by molar-refractivity contribution is 5.24. The Morgan fingerprint density at radius 1 is 1.26 bits per heavy atom. The molecule has 0 radical (unpaired) electrons. The first-order valence-electron chi connectivity index (χ1n) is 6.67. The van der Waals surface area contributed by atoms with Crippen molar-refractivity contribution in [3.8, 4) is 0 Å². The van der Waals surface area contributed by atoms with Crippen molar-refractivity contribution in [3.05, 3.63) is 47.7 Å². The molecule has 1 heterocycles. The van der Waals surface area contributed by atoms with Gasteiger partial charge in [0, 0.05) is 5.92 Å². The molecule has 0 amide bonds. The van der Waals surface area contributed by atoms with Crippen molar-refractivity contribution < 1.29 is 4.42 Å². The van der Waals surface area contributed by atoms with E-state index in [9.17, 15) is 0 Å². The maximum absolute atomic E-state index is 5.87. The Morgan fingerprint density at radius 3 is 2.53 bits per heavy atom. The van der Waals surface area contributed by atoms with E-state index in [0.29, 0.717) is 17.2 Å². The van der Waals surface area contributed by atoms with E-state index >= 15 is 0 Å². The summed E-state index contributed by atoms with van der Waals surface area (Å²) in [4.78, 5) is 0. The van der Waals surface area contributed by atoms with Crippen molar-refractivity contribution in [2.45, 2.75) is 32.2 Å². The molecule has 1 N–H and O–H groups in total. The third-order valence-corrected chi connectivity index (χ3v) is 3.94. The quantitative estimate of drug-likeness (QED) is 0.915. The Bertz CT molecular complexity index is 562. The second-order valence-electron chi connectivity index (χ2n) is 5.86. The van der Waals surface area contributed by atoms with Crippen LogP contribution in [0.5, 0.6) is 0 Å². The van der Waals surface area contributed by atoms with Crippen LogP contribution in [-0.4, -0.2) is 17.2 Å². The molecule has 1 fully saturated rings. The Kier molecular flexibility index (Phi) is 2.90. The minimum Gasteiger partial charge on any atom is -0.423 e. The maximum atomic E-state index is 5.87. The van der Waals surface area contributed by atoms with Crippen LogP contribution in [0, 0.1) is 5.41 Å². The SMILES string of the molecule is CNC(c1ccccc1)c1nnc(C2CC2(C)C)o1. The average Bonchev–Trinajstić information content (AvgIpc) is 2.85. The summed E-state index contributed by atoms with van der Waals surface area (Å²) >= 11 is 0. The molecule has 1 aromatic heterocycles. The predicted molar refractivity (Wildman–Crippen MR) is 72.8 cm³/mol. The molecule has 1 aliphatic carbocycles. The van der Waals surface area contributed by atoms with Gasteiger partial charge < -0.3 is 9.73 Å². The predicted octanol–water partition coefficient (Wildman–Crippen LogP) is 2.89. The standard InChI is InChI=1S/C15H19N3O/c1-15(2)9-11(15)13-17-18-14(19-13)12(16-3)10-7-5-4-6-8-10/h4-8,11-12,16H,9H2,1-3H3. The lowest BCUT2D eigenvalue weighted by molar-refractivity contribution is 0.404. The molecule has 100 valence electrons. The fourth-order valence-electron chi connectivity index (χ4n) is 2.47. The summed E-state index contributed by atoms with van der Waals surface area (Å²) in [5.41, 5.74) is 1.45. The van der Waals surface area contributed by atoms with Gasteiger partial charge in [-0.05, 0) is 24.4 Å². The van der Waals surface area contributed by atoms with E-state index < -0.39 is 0 Å². The monoisotopic (exact) mass is 257 g/mol. The fourth-order valence-corrected chi connectivity index (χ4v) is 2.47. The molecule has 4 nitrogen and oxygen atoms in total. The molecule has 1 aromatic carbocycles. The molecule has 0 saturated heterocycles. The molecule has 0 spiro atoms. The van der Waals surface area contributed by atoms with Crippen LogP contribution in [0.1, 0.15) is 49.6 Å². The number of nitrogens with zero attached hydrogens (tertiary/aromatic N) is 2. The summed E-state index contributed by atoms with van der Waals surface area (Å²) in [5, 5.41) is 11.7. The lowest BCUT2D eigenvalue weighted by Gasteiger charge is -2.11. The minimum atomic E-state index is -0.0377. The normalized spacial score (nSPS) is 22.2. The van der Waals surface area contributed by atoms with Gasteiger partial charge in [-0.15, -0.1) is 10.2 Å². The summed E-state index contributed by atoms with van der Waals surface area (Å²) in [6.07, 6.45) is 1.13. The topological polar surface area (TPSA) is 51.0 Å². The number of aromatic nitrogens is 2. The Morgan fingerprint density at radius 2 is 1.95 bits per heavy atom. The molecule has 2 aromatic rings. The third-order valence-electron chi connectivity index (χ3n) is 3.94. The van der Waals surface area contributed by atoms with Crippen LogP contribution < -0.4 is 5.32 Å². The van der Waals surface area contributed by atoms with E-state index in [0.717, 1.165) is 17.9 Å². The van der Waals surface area contributed by atoms with Crippen molar-refractivity contribution in [3.63, 3.8) is 0 Å². The number of hydrogen-bond acceptors (Lipinski definition) is 4. The first kappa shape index (κ1) is 12.4. The second kappa shape index (κ2) is 4.46. The van der Waals surface area contributed by atoms with Crippen LogP contribution in [0.4, 0.5) is 0 Å². The Hall–Kier alpha value is -1.68. The molecule has 3 rings (SSSR count). The number of nitrogens with one attached hydrogen (secondary N) is 1. The molecule has 1 saturated carbocycles. The maximum Gasteiger partial charge on any atom is 0.237 e. The van der Waals surface area contributed by atoms with Gasteiger partial charge in [0.25, 0.3) is 0 Å². The van der Waals surface area contributed by atoms with Crippen LogP contribution >= 0.6 is 0 Å². The van der Waals surface area contributed by atoms with Crippen molar-refractivity contribution in [2.24, 2.45) is 5.41 Å². The summed E-state index contributed by atoms with van der Waals surface area (Å²) in [5.74, 6) is 1.84. The van der Waals surface area contributed by atoms with Crippen LogP contribution in [0.15, 0.2) is 34.7 Å². The first-order chi connectivity index (χ1) is 9.12. The minimum absolute atomic E-state index is 0.0377. The van der Waals surface area contributed by atoms with Gasteiger partial charge in [0.05, 0.1) is 0 Å². The number of benzene rings is 1. The molecule has 2 atom stereocenters. The zero-order valence-electron chi connectivity index (χ0n) is 11.6. The number of hydrogen-bond donors (Lipinski definition) is 1.